The van der Waals surface area contributed by atoms with Crippen molar-refractivity contribution in [2.75, 3.05) is 0 Å². The largest absolute Gasteiger partial charge is 0.394 e. The van der Waals surface area contributed by atoms with Crippen molar-refractivity contribution in [3.05, 3.63) is 27.0 Å². The third kappa shape index (κ3) is 2.24. The molecule has 1 aliphatic carbocycles. The molecule has 1 aromatic heterocycles. The van der Waals surface area contributed by atoms with Gasteiger partial charge in [-0.1, -0.05) is 0 Å². The second-order valence-electron chi connectivity index (χ2n) is 4.07. The summed E-state index contributed by atoms with van der Waals surface area (Å²) in [5, 5.41) is 0. The summed E-state index contributed by atoms with van der Waals surface area (Å²) in [5.41, 5.74) is 3.00. The molecule has 2 rings (SSSR count). The van der Waals surface area contributed by atoms with Gasteiger partial charge in [0, 0.05) is 10.2 Å². The summed E-state index contributed by atoms with van der Waals surface area (Å²) in [5.74, 6) is 0. The van der Waals surface area contributed by atoms with Crippen molar-refractivity contribution in [1.82, 2.24) is 4.98 Å². The molecular weight excluding hydrogens is 283 g/mol. The Labute approximate surface area is 100 Å². The van der Waals surface area contributed by atoms with Crippen LogP contribution in [0.5, 0.6) is 0 Å². The zero-order valence-electron chi connectivity index (χ0n) is 8.79. The van der Waals surface area contributed by atoms with E-state index in [1.165, 1.54) is 0 Å². The van der Waals surface area contributed by atoms with E-state index < -0.39 is 12.6 Å². The van der Waals surface area contributed by atoms with Gasteiger partial charge in [0.2, 0.25) is 0 Å². The molecule has 1 nitrogen and oxygen atoms in total. The van der Waals surface area contributed by atoms with E-state index >= 15 is 0 Å². The van der Waals surface area contributed by atoms with Gasteiger partial charge in [-0.25, -0.2) is 0 Å². The van der Waals surface area contributed by atoms with Crippen molar-refractivity contribution in [3.63, 3.8) is 0 Å². The maximum Gasteiger partial charge on any atom is 0.394 e. The molecule has 88 valence electrons. The zero-order chi connectivity index (χ0) is 11.9. The average Bonchev–Trinajstić information content (AvgIpc) is 2.59. The van der Waals surface area contributed by atoms with Gasteiger partial charge in [-0.2, -0.15) is 13.2 Å². The molecule has 0 radical (unpaired) electrons. The number of alkyl halides is 3. The first kappa shape index (κ1) is 11.9. The average molecular weight is 294 g/mol. The third-order valence-electron chi connectivity index (χ3n) is 2.86. The highest BCUT2D eigenvalue weighted by Crippen LogP contribution is 2.33. The number of hydrogen-bond donors (Lipinski definition) is 0. The van der Waals surface area contributed by atoms with Gasteiger partial charge in [0.25, 0.3) is 0 Å². The number of halogens is 4. The van der Waals surface area contributed by atoms with E-state index in [4.69, 9.17) is 0 Å². The molecule has 1 aliphatic rings. The van der Waals surface area contributed by atoms with Crippen LogP contribution in [0.1, 0.15) is 28.9 Å². The number of hydrogen-bond acceptors (Lipinski definition) is 1. The molecule has 0 unspecified atom stereocenters. The Bertz CT molecular complexity index is 426. The quantitative estimate of drug-likeness (QED) is 0.768. The maximum absolute atomic E-state index is 12.3. The van der Waals surface area contributed by atoms with Crippen molar-refractivity contribution in [2.45, 2.75) is 38.8 Å². The SMILES string of the molecule is Cc1c(Br)c(CC(F)(F)F)nc2c1CCC2. The van der Waals surface area contributed by atoms with Gasteiger partial charge in [-0.15, -0.1) is 0 Å². The summed E-state index contributed by atoms with van der Waals surface area (Å²) in [6.07, 6.45) is -2.44. The third-order valence-corrected chi connectivity index (χ3v) is 3.91. The van der Waals surface area contributed by atoms with E-state index in [-0.39, 0.29) is 5.69 Å². The first-order valence-corrected chi connectivity index (χ1v) is 5.91. The Balaban J connectivity index is 2.44. The molecule has 0 spiro atoms. The van der Waals surface area contributed by atoms with Crippen LogP contribution in [0, 0.1) is 6.92 Å². The van der Waals surface area contributed by atoms with Crippen LogP contribution in [0.2, 0.25) is 0 Å². The Kier molecular flexibility index (Phi) is 2.99. The molecule has 0 N–H and O–H groups in total. The summed E-state index contributed by atoms with van der Waals surface area (Å²) in [7, 11) is 0. The van der Waals surface area contributed by atoms with Gasteiger partial charge >= 0.3 is 6.18 Å². The van der Waals surface area contributed by atoms with Crippen molar-refractivity contribution in [1.29, 1.82) is 0 Å². The van der Waals surface area contributed by atoms with Crippen molar-refractivity contribution in [2.24, 2.45) is 0 Å². The molecule has 0 saturated heterocycles. The summed E-state index contributed by atoms with van der Waals surface area (Å²) in [6.45, 7) is 1.86. The van der Waals surface area contributed by atoms with Crippen LogP contribution in [0.4, 0.5) is 13.2 Å². The first-order valence-electron chi connectivity index (χ1n) is 5.12. The lowest BCUT2D eigenvalue weighted by molar-refractivity contribution is -0.128. The lowest BCUT2D eigenvalue weighted by Gasteiger charge is -2.13. The summed E-state index contributed by atoms with van der Waals surface area (Å²) in [4.78, 5) is 4.13. The number of aryl methyl sites for hydroxylation is 1. The Morgan fingerprint density at radius 3 is 2.62 bits per heavy atom. The normalized spacial score (nSPS) is 15.3. The summed E-state index contributed by atoms with van der Waals surface area (Å²) < 4.78 is 37.6. The Morgan fingerprint density at radius 1 is 1.31 bits per heavy atom. The van der Waals surface area contributed by atoms with Gasteiger partial charge in [-0.3, -0.25) is 4.98 Å². The van der Waals surface area contributed by atoms with Gasteiger partial charge in [0.05, 0.1) is 12.1 Å². The van der Waals surface area contributed by atoms with Gasteiger partial charge < -0.3 is 0 Å². The van der Waals surface area contributed by atoms with Crippen molar-refractivity contribution in [3.8, 4) is 0 Å². The molecule has 16 heavy (non-hydrogen) atoms. The van der Waals surface area contributed by atoms with Crippen molar-refractivity contribution >= 4 is 15.9 Å². The van der Waals surface area contributed by atoms with E-state index in [1.807, 2.05) is 6.92 Å². The fourth-order valence-corrected chi connectivity index (χ4v) is 2.59. The van der Waals surface area contributed by atoms with E-state index in [9.17, 15) is 13.2 Å². The Morgan fingerprint density at radius 2 is 2.00 bits per heavy atom. The van der Waals surface area contributed by atoms with Crippen LogP contribution in [0.3, 0.4) is 0 Å². The molecule has 0 aliphatic heterocycles. The molecule has 0 aromatic carbocycles. The van der Waals surface area contributed by atoms with Crippen LogP contribution in [0.25, 0.3) is 0 Å². The molecule has 0 amide bonds. The minimum Gasteiger partial charge on any atom is -0.256 e. The maximum atomic E-state index is 12.3. The fraction of sp³-hybridized carbons (Fsp3) is 0.545. The smallest absolute Gasteiger partial charge is 0.256 e. The van der Waals surface area contributed by atoms with Crippen LogP contribution in [-0.4, -0.2) is 11.2 Å². The standard InChI is InChI=1S/C11H11BrF3N/c1-6-7-3-2-4-8(7)16-9(10(6)12)5-11(13,14)15/h2-5H2,1H3. The molecule has 0 bridgehead atoms. The monoisotopic (exact) mass is 293 g/mol. The number of pyridine rings is 1. The van der Waals surface area contributed by atoms with E-state index in [0.29, 0.717) is 4.47 Å². The lowest BCUT2D eigenvalue weighted by Crippen LogP contribution is -2.14. The Hall–Kier alpha value is -0.580. The van der Waals surface area contributed by atoms with Crippen LogP contribution in [0.15, 0.2) is 4.47 Å². The molecule has 0 fully saturated rings. The van der Waals surface area contributed by atoms with Crippen molar-refractivity contribution < 1.29 is 13.2 Å². The highest BCUT2D eigenvalue weighted by Gasteiger charge is 2.31. The number of fused-ring (bicyclic) bond motifs is 1. The molecule has 0 saturated carbocycles. The predicted octanol–water partition coefficient (Wildman–Crippen LogP) is 3.75. The van der Waals surface area contributed by atoms with E-state index in [1.54, 1.807) is 0 Å². The highest BCUT2D eigenvalue weighted by molar-refractivity contribution is 9.10. The second-order valence-corrected chi connectivity index (χ2v) is 4.86. The fourth-order valence-electron chi connectivity index (χ4n) is 2.12. The minimum absolute atomic E-state index is 0.116. The number of rotatable bonds is 1. The summed E-state index contributed by atoms with van der Waals surface area (Å²) in [6, 6.07) is 0. The molecule has 1 heterocycles. The van der Waals surface area contributed by atoms with E-state index in [0.717, 1.165) is 36.1 Å². The highest BCUT2D eigenvalue weighted by atomic mass is 79.9. The van der Waals surface area contributed by atoms with E-state index in [2.05, 4.69) is 20.9 Å². The molecular formula is C11H11BrF3N. The second kappa shape index (κ2) is 4.02. The molecule has 0 atom stereocenters. The van der Waals surface area contributed by atoms with Crippen LogP contribution < -0.4 is 0 Å². The topological polar surface area (TPSA) is 12.9 Å². The predicted molar refractivity (Wildman–Crippen MR) is 58.5 cm³/mol. The number of nitrogens with zero attached hydrogens (tertiary/aromatic N) is 1. The number of aromatic nitrogens is 1. The first-order chi connectivity index (χ1) is 7.38. The summed E-state index contributed by atoms with van der Waals surface area (Å²) >= 11 is 3.22. The minimum atomic E-state index is -4.20. The zero-order valence-corrected chi connectivity index (χ0v) is 10.4. The van der Waals surface area contributed by atoms with Gasteiger partial charge in [0.15, 0.2) is 0 Å². The lowest BCUT2D eigenvalue weighted by atomic mass is 10.1. The molecule has 5 heteroatoms. The molecule has 1 aromatic rings. The van der Waals surface area contributed by atoms with Gasteiger partial charge in [0.1, 0.15) is 0 Å². The van der Waals surface area contributed by atoms with Crippen LogP contribution >= 0.6 is 15.9 Å². The van der Waals surface area contributed by atoms with Gasteiger partial charge in [-0.05, 0) is 53.2 Å². The van der Waals surface area contributed by atoms with Crippen LogP contribution in [-0.2, 0) is 19.3 Å².